The van der Waals surface area contributed by atoms with Crippen LogP contribution in [0, 0.1) is 0 Å². The third kappa shape index (κ3) is 5.48. The second kappa shape index (κ2) is 10.5. The molecule has 1 atom stereocenters. The normalized spacial score (nSPS) is 14.0. The van der Waals surface area contributed by atoms with Crippen molar-refractivity contribution in [1.82, 2.24) is 30.7 Å². The van der Waals surface area contributed by atoms with Gasteiger partial charge in [0.2, 0.25) is 5.91 Å². The number of carbonyl (C=O) groups is 3. The van der Waals surface area contributed by atoms with Crippen LogP contribution in [0.2, 0.25) is 0 Å². The van der Waals surface area contributed by atoms with E-state index < -0.39 is 17.6 Å². The Morgan fingerprint density at radius 3 is 2.63 bits per heavy atom. The number of aryl methyl sites for hydroxylation is 1. The van der Waals surface area contributed by atoms with E-state index in [1.165, 1.54) is 19.3 Å². The zero-order chi connectivity index (χ0) is 26.6. The molecule has 4 aromatic rings. The second-order valence-corrected chi connectivity index (χ2v) is 8.77. The molecule has 0 radical (unpaired) electrons. The Labute approximate surface area is 215 Å². The third-order valence-electron chi connectivity index (χ3n) is 6.07. The summed E-state index contributed by atoms with van der Waals surface area (Å²) in [5, 5.41) is 12.1. The van der Waals surface area contributed by atoms with Crippen LogP contribution < -0.4 is 21.7 Å². The molecular weight excluding hydrogens is 490 g/mol. The molecular formula is C26H23N7O5. The monoisotopic (exact) mass is 513 g/mol. The van der Waals surface area contributed by atoms with Crippen molar-refractivity contribution >= 4 is 23.4 Å². The summed E-state index contributed by atoms with van der Waals surface area (Å²) in [7, 11) is 0. The van der Waals surface area contributed by atoms with Crippen LogP contribution in [0.4, 0.5) is 5.69 Å². The van der Waals surface area contributed by atoms with Crippen molar-refractivity contribution in [2.45, 2.75) is 32.4 Å². The molecule has 4 N–H and O–H groups in total. The van der Waals surface area contributed by atoms with Gasteiger partial charge in [0.1, 0.15) is 17.7 Å². The first-order valence-electron chi connectivity index (χ1n) is 11.8. The molecule has 38 heavy (non-hydrogen) atoms. The Balaban J connectivity index is 1.22. The highest BCUT2D eigenvalue weighted by Crippen LogP contribution is 2.33. The number of hydrogen-bond donors (Lipinski definition) is 4. The summed E-state index contributed by atoms with van der Waals surface area (Å²) in [6, 6.07) is 13.8. The highest BCUT2D eigenvalue weighted by atomic mass is 16.5. The maximum absolute atomic E-state index is 13.0. The maximum Gasteiger partial charge on any atom is 0.439 e. The van der Waals surface area contributed by atoms with Gasteiger partial charge in [0.15, 0.2) is 5.82 Å². The van der Waals surface area contributed by atoms with Crippen LogP contribution in [0.5, 0.6) is 0 Å². The Morgan fingerprint density at radius 1 is 1.05 bits per heavy atom. The predicted molar refractivity (Wildman–Crippen MR) is 135 cm³/mol. The zero-order valence-corrected chi connectivity index (χ0v) is 20.3. The Morgan fingerprint density at radius 2 is 1.87 bits per heavy atom. The van der Waals surface area contributed by atoms with E-state index in [0.29, 0.717) is 17.9 Å². The molecule has 0 fully saturated rings. The molecule has 3 amide bonds. The van der Waals surface area contributed by atoms with Crippen LogP contribution in [0.15, 0.2) is 64.2 Å². The van der Waals surface area contributed by atoms with Crippen LogP contribution in [-0.4, -0.2) is 37.8 Å². The van der Waals surface area contributed by atoms with Crippen LogP contribution in [-0.2, 0) is 17.8 Å². The fourth-order valence-electron chi connectivity index (χ4n) is 4.34. The lowest BCUT2D eigenvalue weighted by molar-refractivity contribution is -0.114. The summed E-state index contributed by atoms with van der Waals surface area (Å²) >= 11 is 0. The quantitative estimate of drug-likeness (QED) is 0.291. The lowest BCUT2D eigenvalue weighted by atomic mass is 10.0. The SMILES string of the molecule is CC(=O)Nc1cccc(CNC(=O)c2cc(C(=O)N[C@H]3CCc4cc(-c5noc(=O)[nH]5)ccc43)ncn2)c1. The zero-order valence-electron chi connectivity index (χ0n) is 20.3. The maximum atomic E-state index is 13.0. The van der Waals surface area contributed by atoms with Crippen molar-refractivity contribution in [3.63, 3.8) is 0 Å². The topological polar surface area (TPSA) is 172 Å². The molecule has 192 valence electrons. The van der Waals surface area contributed by atoms with Gasteiger partial charge in [0.05, 0.1) is 6.04 Å². The number of nitrogens with one attached hydrogen (secondary N) is 4. The largest absolute Gasteiger partial charge is 0.439 e. The molecule has 0 saturated carbocycles. The number of aromatic amines is 1. The molecule has 2 aromatic heterocycles. The van der Waals surface area contributed by atoms with Gasteiger partial charge in [-0.15, -0.1) is 0 Å². The van der Waals surface area contributed by atoms with Crippen LogP contribution in [0.25, 0.3) is 11.4 Å². The molecule has 1 aliphatic carbocycles. The number of benzene rings is 2. The number of H-pyrrole nitrogens is 1. The summed E-state index contributed by atoms with van der Waals surface area (Å²) in [6.07, 6.45) is 2.60. The van der Waals surface area contributed by atoms with Crippen molar-refractivity contribution in [3.8, 4) is 11.4 Å². The third-order valence-corrected chi connectivity index (χ3v) is 6.07. The van der Waals surface area contributed by atoms with Crippen molar-refractivity contribution < 1.29 is 18.9 Å². The van der Waals surface area contributed by atoms with Crippen molar-refractivity contribution in [2.24, 2.45) is 0 Å². The van der Waals surface area contributed by atoms with Gasteiger partial charge < -0.3 is 16.0 Å². The molecule has 0 spiro atoms. The van der Waals surface area contributed by atoms with Crippen molar-refractivity contribution in [2.75, 3.05) is 5.32 Å². The van der Waals surface area contributed by atoms with Gasteiger partial charge in [0, 0.05) is 30.8 Å². The first-order chi connectivity index (χ1) is 18.4. The van der Waals surface area contributed by atoms with Gasteiger partial charge in [-0.1, -0.05) is 29.4 Å². The molecule has 0 bridgehead atoms. The number of fused-ring (bicyclic) bond motifs is 1. The fourth-order valence-corrected chi connectivity index (χ4v) is 4.34. The van der Waals surface area contributed by atoms with Crippen LogP contribution >= 0.6 is 0 Å². The van der Waals surface area contributed by atoms with Gasteiger partial charge in [-0.2, -0.15) is 0 Å². The fraction of sp³-hybridized carbons (Fsp3) is 0.192. The van der Waals surface area contributed by atoms with Gasteiger partial charge in [0.25, 0.3) is 11.8 Å². The molecule has 2 heterocycles. The second-order valence-electron chi connectivity index (χ2n) is 8.77. The number of nitrogens with zero attached hydrogens (tertiary/aromatic N) is 3. The molecule has 0 aliphatic heterocycles. The van der Waals surface area contributed by atoms with Crippen molar-refractivity contribution in [3.05, 3.63) is 93.5 Å². The first kappa shape index (κ1) is 24.6. The molecule has 2 aromatic carbocycles. The molecule has 0 unspecified atom stereocenters. The smallest absolute Gasteiger partial charge is 0.347 e. The molecule has 12 nitrogen and oxygen atoms in total. The van der Waals surface area contributed by atoms with Gasteiger partial charge in [-0.25, -0.2) is 14.8 Å². The van der Waals surface area contributed by atoms with Crippen molar-refractivity contribution in [1.29, 1.82) is 0 Å². The predicted octanol–water partition coefficient (Wildman–Crippen LogP) is 2.13. The highest BCUT2D eigenvalue weighted by Gasteiger charge is 2.26. The first-order valence-corrected chi connectivity index (χ1v) is 11.8. The van der Waals surface area contributed by atoms with Crippen LogP contribution in [0.1, 0.15) is 57.1 Å². The standard InChI is InChI=1S/C26H23N7O5/c1-14(34)30-18-4-2-3-15(9-18)12-27-24(35)21-11-22(29-13-28-21)25(36)31-20-8-6-16-10-17(5-7-19(16)20)23-32-26(37)38-33-23/h2-5,7,9-11,13,20H,6,8,12H2,1H3,(H,27,35)(H,30,34)(H,31,36)(H,32,33,37)/t20-/m0/s1. The summed E-state index contributed by atoms with van der Waals surface area (Å²) < 4.78 is 4.57. The number of amides is 3. The van der Waals surface area contributed by atoms with Gasteiger partial charge >= 0.3 is 5.76 Å². The van der Waals surface area contributed by atoms with E-state index in [-0.39, 0.29) is 29.9 Å². The average Bonchev–Trinajstić information content (AvgIpc) is 3.53. The molecule has 12 heteroatoms. The minimum absolute atomic E-state index is 0.0567. The van der Waals surface area contributed by atoms with E-state index in [1.54, 1.807) is 24.3 Å². The number of rotatable bonds is 7. The lowest BCUT2D eigenvalue weighted by Crippen LogP contribution is -2.29. The number of anilines is 1. The summed E-state index contributed by atoms with van der Waals surface area (Å²) in [5.41, 5.74) is 4.25. The van der Waals surface area contributed by atoms with E-state index in [0.717, 1.165) is 28.7 Å². The molecule has 0 saturated heterocycles. The average molecular weight is 514 g/mol. The minimum Gasteiger partial charge on any atom is -0.347 e. The Hall–Kier alpha value is -5.13. The molecule has 5 rings (SSSR count). The number of hydrogen-bond acceptors (Lipinski definition) is 8. The van der Waals surface area contributed by atoms with Gasteiger partial charge in [-0.05, 0) is 47.7 Å². The Kier molecular flexibility index (Phi) is 6.76. The van der Waals surface area contributed by atoms with E-state index in [1.807, 2.05) is 18.2 Å². The van der Waals surface area contributed by atoms with E-state index in [2.05, 4.69) is 40.6 Å². The van der Waals surface area contributed by atoms with E-state index in [4.69, 9.17) is 0 Å². The van der Waals surface area contributed by atoms with E-state index >= 15 is 0 Å². The van der Waals surface area contributed by atoms with Crippen LogP contribution in [0.3, 0.4) is 0 Å². The lowest BCUT2D eigenvalue weighted by Gasteiger charge is -2.14. The summed E-state index contributed by atoms with van der Waals surface area (Å²) in [5.74, 6) is -1.35. The van der Waals surface area contributed by atoms with E-state index in [9.17, 15) is 19.2 Å². The number of aromatic nitrogens is 4. The molecule has 1 aliphatic rings. The highest BCUT2D eigenvalue weighted by molar-refractivity contribution is 5.97. The summed E-state index contributed by atoms with van der Waals surface area (Å²) in [6.45, 7) is 1.63. The summed E-state index contributed by atoms with van der Waals surface area (Å²) in [4.78, 5) is 58.7. The number of carbonyl (C=O) groups excluding carboxylic acids is 3. The minimum atomic E-state index is -0.625. The van der Waals surface area contributed by atoms with Gasteiger partial charge in [-0.3, -0.25) is 23.9 Å². The Bertz CT molecular complexity index is 1590.